The fourth-order valence-electron chi connectivity index (χ4n) is 9.79. The van der Waals surface area contributed by atoms with Crippen LogP contribution >= 0.6 is 0 Å². The minimum Gasteiger partial charge on any atom is -0.311 e. The molecular formula is C50H39N. The van der Waals surface area contributed by atoms with Gasteiger partial charge in [0.05, 0.1) is 10.8 Å². The van der Waals surface area contributed by atoms with Gasteiger partial charge in [-0.2, -0.15) is 0 Å². The normalized spacial score (nSPS) is 20.9. The van der Waals surface area contributed by atoms with Gasteiger partial charge >= 0.3 is 0 Å². The summed E-state index contributed by atoms with van der Waals surface area (Å²) >= 11 is 0. The molecular weight excluding hydrogens is 615 g/mol. The van der Waals surface area contributed by atoms with Gasteiger partial charge in [-0.15, -0.1) is 0 Å². The second-order valence-corrected chi connectivity index (χ2v) is 14.2. The zero-order valence-corrected chi connectivity index (χ0v) is 28.7. The maximum absolute atomic E-state index is 2.46. The number of hydrogen-bond donors (Lipinski definition) is 0. The number of allylic oxidation sites excluding steroid dienone is 7. The van der Waals surface area contributed by atoms with Crippen LogP contribution in [0.1, 0.15) is 64.6 Å². The zero-order valence-electron chi connectivity index (χ0n) is 28.7. The van der Waals surface area contributed by atoms with Crippen LogP contribution in [-0.2, 0) is 10.8 Å². The minimum absolute atomic E-state index is 0.411. The highest BCUT2D eigenvalue weighted by Gasteiger charge is 2.57. The van der Waals surface area contributed by atoms with Gasteiger partial charge < -0.3 is 4.90 Å². The Balaban J connectivity index is 1.29. The van der Waals surface area contributed by atoms with E-state index in [-0.39, 0.29) is 0 Å². The quantitative estimate of drug-likeness (QED) is 0.179. The second-order valence-electron chi connectivity index (χ2n) is 14.2. The number of hydrogen-bond acceptors (Lipinski definition) is 1. The molecule has 1 heteroatoms. The molecule has 0 unspecified atom stereocenters. The topological polar surface area (TPSA) is 3.24 Å². The maximum atomic E-state index is 2.46. The van der Waals surface area contributed by atoms with Crippen molar-refractivity contribution in [3.05, 3.63) is 238 Å². The molecule has 1 spiro atoms. The smallest absolute Gasteiger partial charge is 0.0720 e. The van der Waals surface area contributed by atoms with E-state index in [4.69, 9.17) is 0 Å². The van der Waals surface area contributed by atoms with Gasteiger partial charge in [0, 0.05) is 17.1 Å². The summed E-state index contributed by atoms with van der Waals surface area (Å²) in [7, 11) is 0. The number of fused-ring (bicyclic) bond motifs is 9. The lowest BCUT2D eigenvalue weighted by Gasteiger charge is -2.51. The molecule has 51 heavy (non-hydrogen) atoms. The molecule has 0 saturated carbocycles. The van der Waals surface area contributed by atoms with Crippen molar-refractivity contribution in [3.63, 3.8) is 0 Å². The standard InChI is InChI=1S/C50H39N/c1-5-19-36(20-6-1)49(37-21-7-2-8-22-37)45-29-15-17-31-47(45)50(48-32-18-16-30-46(48)49)43-28-14-13-27-41(43)42-35-40(33-34-44(42)50)51(38-23-9-3-10-24-38)39-25-11-4-12-26-39/h1-3,5-7,9-11,13-21,23-35H,4,8,12,22H2. The predicted octanol–water partition coefficient (Wildman–Crippen LogP) is 12.3. The molecule has 0 aromatic heterocycles. The van der Waals surface area contributed by atoms with Crippen molar-refractivity contribution in [1.29, 1.82) is 0 Å². The first-order valence-electron chi connectivity index (χ1n) is 18.4. The van der Waals surface area contributed by atoms with Crippen molar-refractivity contribution >= 4 is 11.4 Å². The summed E-state index contributed by atoms with van der Waals surface area (Å²) in [6.07, 6.45) is 18.2. The summed E-state index contributed by atoms with van der Waals surface area (Å²) in [6, 6.07) is 57.3. The van der Waals surface area contributed by atoms with Crippen LogP contribution in [0.5, 0.6) is 0 Å². The van der Waals surface area contributed by atoms with Crippen LogP contribution in [-0.4, -0.2) is 0 Å². The van der Waals surface area contributed by atoms with Gasteiger partial charge in [-0.25, -0.2) is 0 Å². The molecule has 0 amide bonds. The Labute approximate surface area is 301 Å². The Morgan fingerprint density at radius 2 is 1.06 bits per heavy atom. The monoisotopic (exact) mass is 653 g/mol. The molecule has 0 aliphatic heterocycles. The molecule has 6 aromatic carbocycles. The van der Waals surface area contributed by atoms with Crippen molar-refractivity contribution in [3.8, 4) is 11.1 Å². The molecule has 1 nitrogen and oxygen atoms in total. The first-order valence-corrected chi connectivity index (χ1v) is 18.4. The van der Waals surface area contributed by atoms with E-state index in [1.54, 1.807) is 0 Å². The van der Waals surface area contributed by atoms with Crippen molar-refractivity contribution in [2.24, 2.45) is 0 Å². The third kappa shape index (κ3) is 4.22. The van der Waals surface area contributed by atoms with Crippen LogP contribution in [0.15, 0.2) is 199 Å². The third-order valence-electron chi connectivity index (χ3n) is 11.7. The van der Waals surface area contributed by atoms with Gasteiger partial charge in [-0.1, -0.05) is 163 Å². The minimum atomic E-state index is -0.470. The molecule has 0 atom stereocenters. The summed E-state index contributed by atoms with van der Waals surface area (Å²) < 4.78 is 0. The van der Waals surface area contributed by atoms with Gasteiger partial charge in [0.25, 0.3) is 0 Å². The summed E-state index contributed by atoms with van der Waals surface area (Å²) in [6.45, 7) is 0. The van der Waals surface area contributed by atoms with Crippen LogP contribution < -0.4 is 4.90 Å². The van der Waals surface area contributed by atoms with Gasteiger partial charge in [-0.3, -0.25) is 0 Å². The molecule has 0 N–H and O–H groups in total. The Morgan fingerprint density at radius 1 is 0.451 bits per heavy atom. The number of rotatable bonds is 5. The van der Waals surface area contributed by atoms with Crippen molar-refractivity contribution in [1.82, 2.24) is 0 Å². The van der Waals surface area contributed by atoms with Gasteiger partial charge in [0.2, 0.25) is 0 Å². The van der Waals surface area contributed by atoms with E-state index in [1.165, 1.54) is 72.7 Å². The summed E-state index contributed by atoms with van der Waals surface area (Å²) in [4.78, 5) is 2.43. The fourth-order valence-corrected chi connectivity index (χ4v) is 9.79. The SMILES string of the molecule is C1=CCCC(C2(c3ccccc3)c3ccccc3C3(c4ccccc4-c4cc(N(C5=CCCC=C5)c5ccccc5)ccc43)c3ccccc32)=C1. The Kier molecular flexibility index (Phi) is 6.96. The van der Waals surface area contributed by atoms with E-state index in [0.29, 0.717) is 0 Å². The third-order valence-corrected chi connectivity index (χ3v) is 11.7. The van der Waals surface area contributed by atoms with E-state index in [9.17, 15) is 0 Å². The summed E-state index contributed by atoms with van der Waals surface area (Å²) in [5, 5.41) is 0. The lowest BCUT2D eigenvalue weighted by molar-refractivity contribution is 0.595. The summed E-state index contributed by atoms with van der Waals surface area (Å²) in [5.41, 5.74) is 16.3. The van der Waals surface area contributed by atoms with Crippen molar-refractivity contribution in [2.45, 2.75) is 36.5 Å². The maximum Gasteiger partial charge on any atom is 0.0720 e. The van der Waals surface area contributed by atoms with E-state index >= 15 is 0 Å². The first kappa shape index (κ1) is 29.9. The lowest BCUT2D eigenvalue weighted by atomic mass is 9.50. The van der Waals surface area contributed by atoms with Gasteiger partial charge in [0.1, 0.15) is 0 Å². The highest BCUT2D eigenvalue weighted by atomic mass is 15.1. The van der Waals surface area contributed by atoms with Crippen LogP contribution in [0.25, 0.3) is 11.1 Å². The molecule has 6 aromatic rings. The van der Waals surface area contributed by atoms with Crippen LogP contribution in [0.3, 0.4) is 0 Å². The van der Waals surface area contributed by atoms with Gasteiger partial charge in [0.15, 0.2) is 0 Å². The number of nitrogens with zero attached hydrogens (tertiary/aromatic N) is 1. The van der Waals surface area contributed by atoms with E-state index in [0.717, 1.165) is 25.7 Å². The molecule has 0 bridgehead atoms. The molecule has 0 saturated heterocycles. The molecule has 4 aliphatic rings. The number of anilines is 2. The average Bonchev–Trinajstić information content (AvgIpc) is 3.50. The largest absolute Gasteiger partial charge is 0.311 e. The van der Waals surface area contributed by atoms with Gasteiger partial charge in [-0.05, 0) is 106 Å². The Bertz CT molecular complexity index is 2380. The molecule has 0 radical (unpaired) electrons. The molecule has 0 heterocycles. The molecule has 10 rings (SSSR count). The highest BCUT2D eigenvalue weighted by molar-refractivity contribution is 5.91. The first-order chi connectivity index (χ1) is 25.3. The van der Waals surface area contributed by atoms with Crippen LogP contribution in [0.4, 0.5) is 11.4 Å². The highest BCUT2D eigenvalue weighted by Crippen LogP contribution is 2.65. The lowest BCUT2D eigenvalue weighted by Crippen LogP contribution is -2.45. The van der Waals surface area contributed by atoms with E-state index < -0.39 is 10.8 Å². The average molecular weight is 654 g/mol. The van der Waals surface area contributed by atoms with Crippen LogP contribution in [0.2, 0.25) is 0 Å². The Morgan fingerprint density at radius 3 is 1.71 bits per heavy atom. The van der Waals surface area contributed by atoms with E-state index in [1.807, 2.05) is 0 Å². The zero-order chi connectivity index (χ0) is 33.8. The molecule has 4 aliphatic carbocycles. The van der Waals surface area contributed by atoms with Crippen molar-refractivity contribution < 1.29 is 0 Å². The molecule has 0 fully saturated rings. The van der Waals surface area contributed by atoms with Crippen molar-refractivity contribution in [2.75, 3.05) is 4.90 Å². The van der Waals surface area contributed by atoms with E-state index in [2.05, 4.69) is 193 Å². The number of benzene rings is 6. The van der Waals surface area contributed by atoms with Crippen LogP contribution in [0, 0.1) is 0 Å². The Hall–Kier alpha value is -5.92. The molecule has 244 valence electrons. The predicted molar refractivity (Wildman–Crippen MR) is 212 cm³/mol. The number of para-hydroxylation sites is 1. The second kappa shape index (κ2) is 11.9. The summed E-state index contributed by atoms with van der Waals surface area (Å²) in [5.74, 6) is 0. The fraction of sp³-hybridized carbons (Fsp3) is 0.120.